The molecule has 2 aliphatic heterocycles. The molecule has 0 bridgehead atoms. The minimum absolute atomic E-state index is 0.721. The second-order valence-corrected chi connectivity index (χ2v) is 15.9. The zero-order valence-electron chi connectivity index (χ0n) is 7.60. The first-order chi connectivity index (χ1) is 6.83. The molecule has 0 radical (unpaired) electrons. The summed E-state index contributed by atoms with van der Waals surface area (Å²) in [4.78, 5) is 5.01. The van der Waals surface area contributed by atoms with Gasteiger partial charge in [-0.2, -0.15) is 0 Å². The van der Waals surface area contributed by atoms with Gasteiger partial charge >= 0.3 is 120 Å². The molecule has 2 aliphatic rings. The molecule has 2 rings (SSSR count). The third-order valence-corrected chi connectivity index (χ3v) is 20.4. The molecule has 0 N–H and O–H groups in total. The molecule has 0 aromatic carbocycles. The molecule has 0 saturated carbocycles. The minimum atomic E-state index is 0.721. The zero-order valence-corrected chi connectivity index (χ0v) is 16.1. The first-order valence-corrected chi connectivity index (χ1v) is 13.3. The van der Waals surface area contributed by atoms with Crippen LogP contribution in [0.1, 0.15) is 0 Å². The summed E-state index contributed by atoms with van der Waals surface area (Å²) in [6.07, 6.45) is 4.43. The maximum atomic E-state index is 2.50. The van der Waals surface area contributed by atoms with Crippen LogP contribution >= 0.6 is 23.5 Å². The Morgan fingerprint density at radius 3 is 1.57 bits per heavy atom. The molecule has 0 aromatic rings. The van der Waals surface area contributed by atoms with Gasteiger partial charge in [-0.05, 0) is 0 Å². The molecule has 0 amide bonds. The average molecular weight is 484 g/mol. The predicted molar refractivity (Wildman–Crippen MR) is 73.2 cm³/mol. The van der Waals surface area contributed by atoms with E-state index in [9.17, 15) is 0 Å². The standard InChI is InChI=1S/C8H8S2Se4/c1-9-5-3-11-7(13-5)8-12-4-6(10-2)14-8/h3-4H,1-2H3/b8-7+. The molecule has 0 fully saturated rings. The topological polar surface area (TPSA) is 0 Å². The van der Waals surface area contributed by atoms with Gasteiger partial charge in [-0.15, -0.1) is 0 Å². The van der Waals surface area contributed by atoms with E-state index < -0.39 is 0 Å². The van der Waals surface area contributed by atoms with E-state index >= 15 is 0 Å². The first kappa shape index (κ1) is 12.5. The van der Waals surface area contributed by atoms with Gasteiger partial charge in [0, 0.05) is 0 Å². The van der Waals surface area contributed by atoms with Crippen molar-refractivity contribution in [3.05, 3.63) is 24.3 Å². The molecule has 0 aromatic heterocycles. The van der Waals surface area contributed by atoms with Crippen LogP contribution in [0, 0.1) is 0 Å². The fraction of sp³-hybridized carbons (Fsp3) is 0.250. The molecule has 6 heteroatoms. The van der Waals surface area contributed by atoms with Crippen LogP contribution in [0.15, 0.2) is 24.3 Å². The van der Waals surface area contributed by atoms with Crippen molar-refractivity contribution in [2.45, 2.75) is 0 Å². The summed E-state index contributed by atoms with van der Waals surface area (Å²) >= 11 is 6.81. The van der Waals surface area contributed by atoms with Gasteiger partial charge in [-0.1, -0.05) is 0 Å². The average Bonchev–Trinajstić information content (AvgIpc) is 2.86. The molecule has 0 aliphatic carbocycles. The van der Waals surface area contributed by atoms with Crippen LogP contribution in [0.2, 0.25) is 0 Å². The summed E-state index contributed by atoms with van der Waals surface area (Å²) < 4.78 is 7.08. The molecule has 0 unspecified atom stereocenters. The first-order valence-electron chi connectivity index (χ1n) is 3.75. The number of hydrogen-bond donors (Lipinski definition) is 0. The fourth-order valence-corrected chi connectivity index (χ4v) is 18.9. The third-order valence-electron chi connectivity index (χ3n) is 1.48. The molecule has 0 nitrogen and oxygen atoms in total. The van der Waals surface area contributed by atoms with Crippen LogP contribution in [-0.2, 0) is 0 Å². The molecular weight excluding hydrogens is 476 g/mol. The van der Waals surface area contributed by atoms with Crippen LogP contribution in [0.4, 0.5) is 0 Å². The number of hydrogen-bond acceptors (Lipinski definition) is 2. The SMILES string of the molecule is CSC1=C[Se]/C(=C2/[Se]C=C(SC)[Se]2)[Se]1. The molecule has 2 heterocycles. The Kier molecular flexibility index (Phi) is 5.40. The summed E-state index contributed by atoms with van der Waals surface area (Å²) in [5.74, 6) is 0. The molecule has 0 spiro atoms. The summed E-state index contributed by atoms with van der Waals surface area (Å²) in [7, 11) is 0. The normalized spacial score (nSPS) is 26.7. The Labute approximate surface area is 119 Å². The van der Waals surface area contributed by atoms with Gasteiger partial charge in [0.25, 0.3) is 0 Å². The molecule has 14 heavy (non-hydrogen) atoms. The van der Waals surface area contributed by atoms with E-state index in [0.29, 0.717) is 0 Å². The zero-order chi connectivity index (χ0) is 9.97. The van der Waals surface area contributed by atoms with E-state index in [0.717, 1.165) is 59.8 Å². The quantitative estimate of drug-likeness (QED) is 0.543. The van der Waals surface area contributed by atoms with Crippen molar-refractivity contribution in [1.29, 1.82) is 0 Å². The van der Waals surface area contributed by atoms with Gasteiger partial charge in [0.1, 0.15) is 0 Å². The van der Waals surface area contributed by atoms with Crippen LogP contribution < -0.4 is 0 Å². The fourth-order valence-electron chi connectivity index (χ4n) is 0.841. The van der Waals surface area contributed by atoms with E-state index in [1.807, 2.05) is 30.3 Å². The van der Waals surface area contributed by atoms with Crippen molar-refractivity contribution in [3.63, 3.8) is 0 Å². The Balaban J connectivity index is 2.01. The van der Waals surface area contributed by atoms with Crippen molar-refractivity contribution >= 4 is 83.4 Å². The van der Waals surface area contributed by atoms with Crippen LogP contribution in [0.5, 0.6) is 0 Å². The molecule has 76 valence electrons. The number of rotatable bonds is 2. The van der Waals surface area contributed by atoms with Crippen molar-refractivity contribution in [2.75, 3.05) is 12.5 Å². The second kappa shape index (κ2) is 6.07. The van der Waals surface area contributed by atoms with E-state index in [4.69, 9.17) is 0 Å². The van der Waals surface area contributed by atoms with E-state index in [1.165, 1.54) is 0 Å². The van der Waals surface area contributed by atoms with Gasteiger partial charge < -0.3 is 0 Å². The van der Waals surface area contributed by atoms with E-state index in [-0.39, 0.29) is 0 Å². The Bertz CT molecular complexity index is 300. The van der Waals surface area contributed by atoms with E-state index in [2.05, 4.69) is 22.5 Å². The van der Waals surface area contributed by atoms with Gasteiger partial charge in [-0.3, -0.25) is 0 Å². The Morgan fingerprint density at radius 2 is 1.29 bits per heavy atom. The van der Waals surface area contributed by atoms with Crippen molar-refractivity contribution in [1.82, 2.24) is 0 Å². The van der Waals surface area contributed by atoms with Crippen LogP contribution in [0.3, 0.4) is 0 Å². The second-order valence-electron chi connectivity index (χ2n) is 2.30. The predicted octanol–water partition coefficient (Wildman–Crippen LogP) is 1.28. The Hall–Kier alpha value is 2.00. The van der Waals surface area contributed by atoms with Crippen molar-refractivity contribution in [2.24, 2.45) is 0 Å². The monoisotopic (exact) mass is 488 g/mol. The van der Waals surface area contributed by atoms with E-state index in [1.54, 1.807) is 7.61 Å². The third kappa shape index (κ3) is 3.02. The molecular formula is C8H8S2Se4. The maximum absolute atomic E-state index is 2.50. The number of thioether (sulfide) groups is 2. The van der Waals surface area contributed by atoms with Crippen LogP contribution in [0.25, 0.3) is 0 Å². The summed E-state index contributed by atoms with van der Waals surface area (Å²) in [5, 5.41) is 0. The summed E-state index contributed by atoms with van der Waals surface area (Å²) in [6, 6.07) is 0. The van der Waals surface area contributed by atoms with Crippen molar-refractivity contribution in [3.8, 4) is 0 Å². The van der Waals surface area contributed by atoms with Gasteiger partial charge in [0.15, 0.2) is 0 Å². The summed E-state index contributed by atoms with van der Waals surface area (Å²) in [5.41, 5.74) is 0. The molecule has 0 saturated heterocycles. The van der Waals surface area contributed by atoms with Crippen LogP contribution in [-0.4, -0.2) is 72.3 Å². The summed E-state index contributed by atoms with van der Waals surface area (Å²) in [6.45, 7) is 0. The Morgan fingerprint density at radius 1 is 0.857 bits per heavy atom. The van der Waals surface area contributed by atoms with Gasteiger partial charge in [0.2, 0.25) is 0 Å². The van der Waals surface area contributed by atoms with Gasteiger partial charge in [0.05, 0.1) is 0 Å². The van der Waals surface area contributed by atoms with Crippen molar-refractivity contribution < 1.29 is 0 Å². The van der Waals surface area contributed by atoms with Gasteiger partial charge in [-0.25, -0.2) is 0 Å². The molecule has 0 atom stereocenters.